The average Bonchev–Trinajstić information content (AvgIpc) is 2.44. The molecule has 0 radical (unpaired) electrons. The Morgan fingerprint density at radius 1 is 1.33 bits per heavy atom. The Bertz CT molecular complexity index is 312. The van der Waals surface area contributed by atoms with E-state index >= 15 is 0 Å². The highest BCUT2D eigenvalue weighted by Gasteiger charge is 2.15. The van der Waals surface area contributed by atoms with Gasteiger partial charge in [0.1, 0.15) is 5.82 Å². The van der Waals surface area contributed by atoms with Crippen LogP contribution in [0.4, 0.5) is 11.5 Å². The predicted molar refractivity (Wildman–Crippen MR) is 60.7 cm³/mol. The molecule has 82 valence electrons. The molecule has 1 aliphatic rings. The Labute approximate surface area is 89.7 Å². The lowest BCUT2D eigenvalue weighted by atomic mass is 10.2. The summed E-state index contributed by atoms with van der Waals surface area (Å²) in [5.74, 6) is 0.550. The molecule has 3 N–H and O–H groups in total. The zero-order valence-corrected chi connectivity index (χ0v) is 8.76. The fraction of sp³-hybridized carbons (Fsp3) is 0.545. The predicted octanol–water partition coefficient (Wildman–Crippen LogP) is 1.01. The fourth-order valence-electron chi connectivity index (χ4n) is 1.92. The zero-order chi connectivity index (χ0) is 10.7. The van der Waals surface area contributed by atoms with Gasteiger partial charge in [0.25, 0.3) is 0 Å². The summed E-state index contributed by atoms with van der Waals surface area (Å²) in [6.45, 7) is 1.88. The third kappa shape index (κ3) is 2.59. The van der Waals surface area contributed by atoms with E-state index in [4.69, 9.17) is 5.73 Å². The number of nitrogens with zero attached hydrogens (tertiary/aromatic N) is 2. The minimum Gasteiger partial charge on any atom is -0.393 e. The summed E-state index contributed by atoms with van der Waals surface area (Å²) >= 11 is 0. The summed E-state index contributed by atoms with van der Waals surface area (Å²) in [5.41, 5.74) is 6.64. The Morgan fingerprint density at radius 2 is 2.20 bits per heavy atom. The van der Waals surface area contributed by atoms with Crippen LogP contribution in [0.1, 0.15) is 19.3 Å². The van der Waals surface area contributed by atoms with Crippen molar-refractivity contribution in [2.24, 2.45) is 0 Å². The highest BCUT2D eigenvalue weighted by atomic mass is 16.3. The van der Waals surface area contributed by atoms with Crippen LogP contribution < -0.4 is 10.6 Å². The van der Waals surface area contributed by atoms with E-state index in [0.717, 1.165) is 38.0 Å². The molecule has 1 fully saturated rings. The maximum atomic E-state index is 9.54. The molecule has 0 aromatic carbocycles. The van der Waals surface area contributed by atoms with Crippen molar-refractivity contribution >= 4 is 11.5 Å². The first-order valence-corrected chi connectivity index (χ1v) is 5.40. The molecule has 15 heavy (non-hydrogen) atoms. The lowest BCUT2D eigenvalue weighted by Crippen LogP contribution is -2.24. The zero-order valence-electron chi connectivity index (χ0n) is 8.76. The van der Waals surface area contributed by atoms with Gasteiger partial charge in [0.15, 0.2) is 0 Å². The van der Waals surface area contributed by atoms with Gasteiger partial charge in [-0.2, -0.15) is 0 Å². The van der Waals surface area contributed by atoms with Crippen molar-refractivity contribution in [2.45, 2.75) is 25.4 Å². The van der Waals surface area contributed by atoms with Gasteiger partial charge in [-0.1, -0.05) is 0 Å². The lowest BCUT2D eigenvalue weighted by Gasteiger charge is -2.22. The highest BCUT2D eigenvalue weighted by Crippen LogP contribution is 2.19. The molecule has 0 saturated carbocycles. The van der Waals surface area contributed by atoms with Crippen LogP contribution in [-0.4, -0.2) is 29.3 Å². The van der Waals surface area contributed by atoms with Crippen LogP contribution in [0.3, 0.4) is 0 Å². The van der Waals surface area contributed by atoms with E-state index in [9.17, 15) is 5.11 Å². The van der Waals surface area contributed by atoms with Crippen molar-refractivity contribution in [3.63, 3.8) is 0 Å². The molecule has 0 bridgehead atoms. The molecule has 0 spiro atoms. The smallest absolute Gasteiger partial charge is 0.123 e. The van der Waals surface area contributed by atoms with Crippen LogP contribution in [0.5, 0.6) is 0 Å². The van der Waals surface area contributed by atoms with Crippen molar-refractivity contribution < 1.29 is 5.11 Å². The number of aromatic nitrogens is 1. The molecule has 0 aliphatic carbocycles. The topological polar surface area (TPSA) is 62.4 Å². The van der Waals surface area contributed by atoms with Crippen LogP contribution in [0, 0.1) is 0 Å². The number of aliphatic hydroxyl groups excluding tert-OH is 1. The molecule has 1 aliphatic heterocycles. The summed E-state index contributed by atoms with van der Waals surface area (Å²) in [6, 6.07) is 3.80. The van der Waals surface area contributed by atoms with Crippen LogP contribution in [-0.2, 0) is 0 Å². The van der Waals surface area contributed by atoms with E-state index in [1.165, 1.54) is 0 Å². The Kier molecular flexibility index (Phi) is 3.06. The van der Waals surface area contributed by atoms with Crippen LogP contribution in [0.15, 0.2) is 18.3 Å². The van der Waals surface area contributed by atoms with Crippen molar-refractivity contribution in [1.29, 1.82) is 0 Å². The monoisotopic (exact) mass is 207 g/mol. The van der Waals surface area contributed by atoms with Crippen LogP contribution in [0.25, 0.3) is 0 Å². The molecular weight excluding hydrogens is 190 g/mol. The molecule has 1 saturated heterocycles. The minimum atomic E-state index is -0.142. The number of nitrogens with two attached hydrogens (primary N) is 1. The second-order valence-corrected chi connectivity index (χ2v) is 4.01. The molecule has 1 atom stereocenters. The first kappa shape index (κ1) is 10.2. The van der Waals surface area contributed by atoms with E-state index in [-0.39, 0.29) is 6.10 Å². The number of anilines is 2. The number of pyridine rings is 1. The molecule has 2 rings (SSSR count). The van der Waals surface area contributed by atoms with E-state index in [2.05, 4.69) is 9.88 Å². The van der Waals surface area contributed by atoms with Crippen LogP contribution in [0.2, 0.25) is 0 Å². The van der Waals surface area contributed by atoms with Crippen molar-refractivity contribution in [2.75, 3.05) is 23.7 Å². The third-order valence-electron chi connectivity index (χ3n) is 2.83. The summed E-state index contributed by atoms with van der Waals surface area (Å²) in [4.78, 5) is 6.33. The maximum absolute atomic E-state index is 9.54. The lowest BCUT2D eigenvalue weighted by molar-refractivity contribution is 0.161. The normalized spacial score (nSPS) is 22.5. The average molecular weight is 207 g/mol. The largest absolute Gasteiger partial charge is 0.393 e. The standard InChI is InChI=1S/C11H17N3O/c12-11-4-3-9(8-13-11)14-6-1-2-10(15)5-7-14/h3-4,8,10,15H,1-2,5-7H2,(H2,12,13). The first-order valence-electron chi connectivity index (χ1n) is 5.40. The fourth-order valence-corrected chi connectivity index (χ4v) is 1.92. The van der Waals surface area contributed by atoms with Gasteiger partial charge in [-0.05, 0) is 31.4 Å². The van der Waals surface area contributed by atoms with E-state index in [1.807, 2.05) is 12.1 Å². The van der Waals surface area contributed by atoms with Gasteiger partial charge < -0.3 is 15.7 Å². The number of hydrogen-bond donors (Lipinski definition) is 2. The van der Waals surface area contributed by atoms with Crippen molar-refractivity contribution in [3.8, 4) is 0 Å². The minimum absolute atomic E-state index is 0.142. The van der Waals surface area contributed by atoms with Gasteiger partial charge in [0.05, 0.1) is 18.0 Å². The number of rotatable bonds is 1. The maximum Gasteiger partial charge on any atom is 0.123 e. The molecular formula is C11H17N3O. The number of aliphatic hydroxyl groups is 1. The van der Waals surface area contributed by atoms with Gasteiger partial charge in [0.2, 0.25) is 0 Å². The number of hydrogen-bond acceptors (Lipinski definition) is 4. The summed E-state index contributed by atoms with van der Waals surface area (Å²) in [6.07, 6.45) is 4.43. The van der Waals surface area contributed by atoms with Crippen molar-refractivity contribution in [3.05, 3.63) is 18.3 Å². The summed E-state index contributed by atoms with van der Waals surface area (Å²) < 4.78 is 0. The Hall–Kier alpha value is -1.29. The second kappa shape index (κ2) is 4.49. The molecule has 1 aromatic heterocycles. The quantitative estimate of drug-likeness (QED) is 0.721. The van der Waals surface area contributed by atoms with E-state index < -0.39 is 0 Å². The highest BCUT2D eigenvalue weighted by molar-refractivity contribution is 5.48. The van der Waals surface area contributed by atoms with Gasteiger partial charge in [-0.3, -0.25) is 0 Å². The second-order valence-electron chi connectivity index (χ2n) is 4.01. The number of nitrogen functional groups attached to an aromatic ring is 1. The van der Waals surface area contributed by atoms with Gasteiger partial charge >= 0.3 is 0 Å². The van der Waals surface area contributed by atoms with Gasteiger partial charge in [-0.15, -0.1) is 0 Å². The third-order valence-corrected chi connectivity index (χ3v) is 2.83. The molecule has 1 aromatic rings. The first-order chi connectivity index (χ1) is 7.25. The van der Waals surface area contributed by atoms with Crippen LogP contribution >= 0.6 is 0 Å². The molecule has 4 nitrogen and oxygen atoms in total. The van der Waals surface area contributed by atoms with Gasteiger partial charge in [-0.25, -0.2) is 4.98 Å². The molecule has 4 heteroatoms. The van der Waals surface area contributed by atoms with Crippen molar-refractivity contribution in [1.82, 2.24) is 4.98 Å². The molecule has 0 amide bonds. The SMILES string of the molecule is Nc1ccc(N2CCCC(O)CC2)cn1. The van der Waals surface area contributed by atoms with Gasteiger partial charge in [0, 0.05) is 13.1 Å². The van der Waals surface area contributed by atoms with E-state index in [1.54, 1.807) is 6.20 Å². The summed E-state index contributed by atoms with van der Waals surface area (Å²) in [5, 5.41) is 9.54. The Balaban J connectivity index is 2.06. The molecule has 2 heterocycles. The van der Waals surface area contributed by atoms with E-state index in [0.29, 0.717) is 5.82 Å². The molecule has 1 unspecified atom stereocenters. The summed E-state index contributed by atoms with van der Waals surface area (Å²) in [7, 11) is 0. The Morgan fingerprint density at radius 3 is 2.93 bits per heavy atom.